The molecule has 2 heterocycles. The lowest BCUT2D eigenvalue weighted by Crippen LogP contribution is -2.58. The van der Waals surface area contributed by atoms with E-state index in [-0.39, 0.29) is 24.6 Å². The first-order valence-electron chi connectivity index (χ1n) is 16.5. The minimum atomic E-state index is -1.04. The number of carbonyl (C=O) groups excluding carboxylic acids is 3. The van der Waals surface area contributed by atoms with Crippen LogP contribution in [0.4, 0.5) is 10.5 Å². The molecule has 6 N–H and O–H groups in total. The van der Waals surface area contributed by atoms with E-state index in [0.29, 0.717) is 84.4 Å². The van der Waals surface area contributed by atoms with Crippen LogP contribution in [0, 0.1) is 0 Å². The molecule has 0 unspecified atom stereocenters. The first-order valence-corrected chi connectivity index (χ1v) is 18.1. The van der Waals surface area contributed by atoms with Crippen LogP contribution in [0.15, 0.2) is 63.8 Å². The Hall–Kier alpha value is -4.08. The lowest BCUT2D eigenvalue weighted by Gasteiger charge is -2.37. The van der Waals surface area contributed by atoms with Crippen molar-refractivity contribution in [2.45, 2.75) is 44.2 Å². The molecule has 3 aromatic rings. The standard InChI is InChI=1S/C35H45Br2N7O6/c1-49-26-6-7-31(50-2)24(22-26)8-14-40-35(48)42-30(21-23-19-27(36)32(45)28(37)20-23)33(46)41-29(5-3-4-11-38)34(47)44-17-15-43(16-18-44)25-9-12-39-13-10-25/h6-7,9-10,12-13,19-20,22,29-30,45H,3-5,8,11,14-18,21,38H2,1-2H3,(H,41,46)(H2,40,42,48)/t29-,30+/m0/s1. The van der Waals surface area contributed by atoms with Crippen LogP contribution in [0.5, 0.6) is 17.2 Å². The molecule has 13 nitrogen and oxygen atoms in total. The smallest absolute Gasteiger partial charge is 0.315 e. The number of aromatic nitrogens is 1. The summed E-state index contributed by atoms with van der Waals surface area (Å²) in [6.07, 6.45) is 5.79. The number of methoxy groups -OCH3 is 2. The van der Waals surface area contributed by atoms with Gasteiger partial charge in [0.2, 0.25) is 11.8 Å². The number of nitrogens with two attached hydrogens (primary N) is 1. The number of piperazine rings is 1. The molecule has 2 atom stereocenters. The quantitative estimate of drug-likeness (QED) is 0.135. The zero-order valence-corrected chi connectivity index (χ0v) is 31.5. The molecule has 50 heavy (non-hydrogen) atoms. The van der Waals surface area contributed by atoms with Gasteiger partial charge in [-0.2, -0.15) is 0 Å². The average molecular weight is 820 g/mol. The predicted octanol–water partition coefficient (Wildman–Crippen LogP) is 3.75. The molecule has 15 heteroatoms. The van der Waals surface area contributed by atoms with E-state index in [9.17, 15) is 19.5 Å². The van der Waals surface area contributed by atoms with Gasteiger partial charge >= 0.3 is 6.03 Å². The summed E-state index contributed by atoms with van der Waals surface area (Å²) >= 11 is 6.69. The Balaban J connectivity index is 1.46. The fraction of sp³-hybridized carbons (Fsp3) is 0.429. The number of anilines is 1. The third-order valence-electron chi connectivity index (χ3n) is 8.49. The second-order valence-electron chi connectivity index (χ2n) is 11.9. The number of benzene rings is 2. The third-order valence-corrected chi connectivity index (χ3v) is 9.70. The number of unbranched alkanes of at least 4 members (excludes halogenated alkanes) is 1. The van der Waals surface area contributed by atoms with Crippen molar-refractivity contribution in [2.75, 3.05) is 58.4 Å². The number of nitrogens with one attached hydrogen (secondary N) is 3. The van der Waals surface area contributed by atoms with Gasteiger partial charge in [-0.3, -0.25) is 14.6 Å². The number of hydrogen-bond donors (Lipinski definition) is 5. The summed E-state index contributed by atoms with van der Waals surface area (Å²) in [7, 11) is 3.15. The van der Waals surface area contributed by atoms with E-state index in [0.717, 1.165) is 11.3 Å². The highest BCUT2D eigenvalue weighted by Gasteiger charge is 2.31. The number of ether oxygens (including phenoxy) is 2. The van der Waals surface area contributed by atoms with Crippen molar-refractivity contribution in [3.63, 3.8) is 0 Å². The van der Waals surface area contributed by atoms with Crippen molar-refractivity contribution < 1.29 is 29.0 Å². The monoisotopic (exact) mass is 817 g/mol. The molecule has 0 radical (unpaired) electrons. The van der Waals surface area contributed by atoms with Crippen LogP contribution >= 0.6 is 31.9 Å². The summed E-state index contributed by atoms with van der Waals surface area (Å²) in [5.41, 5.74) is 8.31. The number of halogens is 2. The van der Waals surface area contributed by atoms with Crippen molar-refractivity contribution in [1.82, 2.24) is 25.8 Å². The maximum atomic E-state index is 14.0. The van der Waals surface area contributed by atoms with E-state index in [1.54, 1.807) is 55.8 Å². The molecule has 0 spiro atoms. The molecule has 1 aromatic heterocycles. The van der Waals surface area contributed by atoms with Gasteiger partial charge in [-0.25, -0.2) is 4.79 Å². The zero-order chi connectivity index (χ0) is 36.0. The molecule has 2 aromatic carbocycles. The summed E-state index contributed by atoms with van der Waals surface area (Å²) < 4.78 is 11.6. The molecule has 4 amide bonds. The van der Waals surface area contributed by atoms with E-state index in [2.05, 4.69) is 57.7 Å². The van der Waals surface area contributed by atoms with Crippen molar-refractivity contribution in [2.24, 2.45) is 5.73 Å². The fourth-order valence-electron chi connectivity index (χ4n) is 5.76. The van der Waals surface area contributed by atoms with Crippen LogP contribution in [-0.4, -0.2) is 98.4 Å². The maximum Gasteiger partial charge on any atom is 0.315 e. The molecule has 1 saturated heterocycles. The molecule has 0 saturated carbocycles. The molecule has 1 fully saturated rings. The highest BCUT2D eigenvalue weighted by molar-refractivity contribution is 9.11. The first kappa shape index (κ1) is 38.7. The number of rotatable bonds is 16. The van der Waals surface area contributed by atoms with Gasteiger partial charge in [0, 0.05) is 57.2 Å². The van der Waals surface area contributed by atoms with Crippen molar-refractivity contribution in [3.8, 4) is 17.2 Å². The van der Waals surface area contributed by atoms with E-state index < -0.39 is 24.0 Å². The lowest BCUT2D eigenvalue weighted by molar-refractivity contribution is -0.137. The summed E-state index contributed by atoms with van der Waals surface area (Å²) in [6.45, 7) is 3.03. The van der Waals surface area contributed by atoms with E-state index in [4.69, 9.17) is 15.2 Å². The maximum absolute atomic E-state index is 14.0. The molecular weight excluding hydrogens is 774 g/mol. The molecule has 1 aliphatic rings. The number of amides is 4. The molecule has 4 rings (SSSR count). The van der Waals surface area contributed by atoms with Gasteiger partial charge in [-0.05, 0) is 118 Å². The second kappa shape index (κ2) is 19.3. The zero-order valence-electron chi connectivity index (χ0n) is 28.3. The summed E-state index contributed by atoms with van der Waals surface area (Å²) in [6, 6.07) is 10.3. The summed E-state index contributed by atoms with van der Waals surface area (Å²) in [4.78, 5) is 49.1. The number of phenols is 1. The number of pyridine rings is 1. The van der Waals surface area contributed by atoms with E-state index >= 15 is 0 Å². The Labute approximate surface area is 309 Å². The van der Waals surface area contributed by atoms with E-state index in [1.165, 1.54) is 0 Å². The van der Waals surface area contributed by atoms with Gasteiger partial charge in [0.05, 0.1) is 23.2 Å². The van der Waals surface area contributed by atoms with E-state index in [1.807, 2.05) is 18.2 Å². The van der Waals surface area contributed by atoms with Gasteiger partial charge in [-0.15, -0.1) is 0 Å². The van der Waals surface area contributed by atoms with Crippen LogP contribution in [0.25, 0.3) is 0 Å². The van der Waals surface area contributed by atoms with Crippen LogP contribution in [-0.2, 0) is 22.4 Å². The van der Waals surface area contributed by atoms with Gasteiger partial charge in [0.25, 0.3) is 0 Å². The Kier molecular flexibility index (Phi) is 15.0. The highest BCUT2D eigenvalue weighted by Crippen LogP contribution is 2.33. The van der Waals surface area contributed by atoms with Gasteiger partial charge in [-0.1, -0.05) is 0 Å². The minimum Gasteiger partial charge on any atom is -0.506 e. The van der Waals surface area contributed by atoms with Crippen molar-refractivity contribution in [3.05, 3.63) is 74.9 Å². The molecular formula is C35H45Br2N7O6. The SMILES string of the molecule is COc1ccc(OC)c(CCNC(=O)N[C@H](Cc2cc(Br)c(O)c(Br)c2)C(=O)N[C@@H](CCCCN)C(=O)N2CCN(c3ccncc3)CC2)c1. The number of phenolic OH excluding ortho intramolecular Hbond substituents is 1. The average Bonchev–Trinajstić information content (AvgIpc) is 3.13. The number of nitrogens with zero attached hydrogens (tertiary/aromatic N) is 3. The number of aromatic hydroxyl groups is 1. The Morgan fingerprint density at radius 2 is 1.64 bits per heavy atom. The lowest BCUT2D eigenvalue weighted by atomic mass is 10.0. The largest absolute Gasteiger partial charge is 0.506 e. The van der Waals surface area contributed by atoms with Gasteiger partial charge in [0.15, 0.2) is 0 Å². The summed E-state index contributed by atoms with van der Waals surface area (Å²) in [5.74, 6) is 0.673. The molecule has 1 aliphatic heterocycles. The van der Waals surface area contributed by atoms with Gasteiger partial charge in [0.1, 0.15) is 29.3 Å². The third kappa shape index (κ3) is 11.0. The second-order valence-corrected chi connectivity index (χ2v) is 13.6. The van der Waals surface area contributed by atoms with Crippen LogP contribution in [0.1, 0.15) is 30.4 Å². The molecule has 270 valence electrons. The Bertz CT molecular complexity index is 1570. The number of hydrogen-bond acceptors (Lipinski definition) is 9. The van der Waals surface area contributed by atoms with Crippen molar-refractivity contribution >= 4 is 55.4 Å². The Morgan fingerprint density at radius 1 is 0.940 bits per heavy atom. The van der Waals surface area contributed by atoms with Gasteiger partial charge < -0.3 is 46.1 Å². The van der Waals surface area contributed by atoms with Crippen LogP contribution < -0.4 is 36.1 Å². The molecule has 0 aliphatic carbocycles. The fourth-order valence-corrected chi connectivity index (χ4v) is 7.04. The van der Waals surface area contributed by atoms with Crippen molar-refractivity contribution in [1.29, 1.82) is 0 Å². The Morgan fingerprint density at radius 3 is 2.28 bits per heavy atom. The first-order chi connectivity index (χ1) is 24.1. The van der Waals surface area contributed by atoms with Crippen LogP contribution in [0.2, 0.25) is 0 Å². The highest BCUT2D eigenvalue weighted by atomic mass is 79.9. The normalized spacial score (nSPS) is 14.0. The summed E-state index contributed by atoms with van der Waals surface area (Å²) in [5, 5.41) is 18.8. The minimum absolute atomic E-state index is 0.0167. The predicted molar refractivity (Wildman–Crippen MR) is 199 cm³/mol. The number of urea groups is 1. The van der Waals surface area contributed by atoms with Crippen LogP contribution in [0.3, 0.4) is 0 Å². The number of carbonyl (C=O) groups is 3. The topological polar surface area (TPSA) is 171 Å². The molecule has 0 bridgehead atoms.